The Morgan fingerprint density at radius 1 is 1.24 bits per heavy atom. The Labute approximate surface area is 147 Å². The van der Waals surface area contributed by atoms with E-state index in [1.54, 1.807) is 25.2 Å². The van der Waals surface area contributed by atoms with E-state index >= 15 is 0 Å². The van der Waals surface area contributed by atoms with E-state index in [2.05, 4.69) is 5.10 Å². The second-order valence-electron chi connectivity index (χ2n) is 5.49. The van der Waals surface area contributed by atoms with Crippen LogP contribution in [-0.4, -0.2) is 26.0 Å². The summed E-state index contributed by atoms with van der Waals surface area (Å²) in [7, 11) is 1.59. The molecule has 2 N–H and O–H groups in total. The van der Waals surface area contributed by atoms with Gasteiger partial charge in [-0.05, 0) is 23.8 Å². The number of carbonyl (C=O) groups is 1. The lowest BCUT2D eigenvalue weighted by Gasteiger charge is -2.18. The van der Waals surface area contributed by atoms with Crippen molar-refractivity contribution in [2.45, 2.75) is 6.10 Å². The Morgan fingerprint density at radius 3 is 2.64 bits per heavy atom. The minimum atomic E-state index is -1.31. The number of hydrogen-bond acceptors (Lipinski definition) is 3. The number of aliphatic hydroxyl groups excluding tert-OH is 1. The zero-order chi connectivity index (χ0) is 18.1. The molecule has 0 aliphatic carbocycles. The number of rotatable bonds is 4. The Hall–Kier alpha value is -2.70. The van der Waals surface area contributed by atoms with Crippen LogP contribution in [-0.2, 0) is 7.05 Å². The molecule has 0 bridgehead atoms. The van der Waals surface area contributed by atoms with Gasteiger partial charge in [0, 0.05) is 23.2 Å². The third kappa shape index (κ3) is 3.14. The van der Waals surface area contributed by atoms with Gasteiger partial charge in [0.05, 0.1) is 11.9 Å². The molecule has 25 heavy (non-hydrogen) atoms. The van der Waals surface area contributed by atoms with Gasteiger partial charge in [-0.2, -0.15) is 5.10 Å². The van der Waals surface area contributed by atoms with Crippen molar-refractivity contribution in [3.8, 4) is 11.3 Å². The van der Waals surface area contributed by atoms with Crippen molar-refractivity contribution in [1.82, 2.24) is 9.78 Å². The average Bonchev–Trinajstić information content (AvgIpc) is 2.96. The highest BCUT2D eigenvalue weighted by Gasteiger charge is 2.24. The first-order valence-corrected chi connectivity index (χ1v) is 7.75. The van der Waals surface area contributed by atoms with E-state index in [4.69, 9.17) is 11.6 Å². The number of aromatic nitrogens is 2. The van der Waals surface area contributed by atoms with Crippen molar-refractivity contribution in [3.05, 3.63) is 76.2 Å². The molecular weight excluding hydrogens is 347 g/mol. The molecule has 0 aliphatic heterocycles. The van der Waals surface area contributed by atoms with E-state index < -0.39 is 17.9 Å². The summed E-state index contributed by atoms with van der Waals surface area (Å²) in [4.78, 5) is 11.5. The standard InChI is InChI=1S/C18H14ClFN2O3/c1-22-16(14(9-21-22)18(24)25)11-7-6-10(19)8-13(11)17(23)12-4-2-3-5-15(12)20/h2-9,17,23H,1H3,(H,24,25). The Morgan fingerprint density at radius 2 is 1.96 bits per heavy atom. The maximum Gasteiger partial charge on any atom is 0.339 e. The molecule has 0 aliphatic rings. The van der Waals surface area contributed by atoms with E-state index in [1.165, 1.54) is 35.1 Å². The molecule has 0 amide bonds. The van der Waals surface area contributed by atoms with Gasteiger partial charge < -0.3 is 10.2 Å². The van der Waals surface area contributed by atoms with Crippen molar-refractivity contribution >= 4 is 17.6 Å². The molecule has 0 spiro atoms. The zero-order valence-corrected chi connectivity index (χ0v) is 13.9. The zero-order valence-electron chi connectivity index (χ0n) is 13.1. The van der Waals surface area contributed by atoms with Gasteiger partial charge >= 0.3 is 5.97 Å². The summed E-state index contributed by atoms with van der Waals surface area (Å²) in [6.07, 6.45) is -0.0858. The minimum Gasteiger partial charge on any atom is -0.478 e. The number of carboxylic acid groups (broad SMARTS) is 1. The molecule has 1 atom stereocenters. The summed E-state index contributed by atoms with van der Waals surface area (Å²) >= 11 is 6.05. The lowest BCUT2D eigenvalue weighted by molar-refractivity contribution is 0.0697. The van der Waals surface area contributed by atoms with Crippen LogP contribution >= 0.6 is 11.6 Å². The lowest BCUT2D eigenvalue weighted by Crippen LogP contribution is -2.08. The lowest BCUT2D eigenvalue weighted by atomic mass is 9.93. The average molecular weight is 361 g/mol. The molecule has 0 fully saturated rings. The Balaban J connectivity index is 2.23. The normalized spacial score (nSPS) is 12.2. The highest BCUT2D eigenvalue weighted by molar-refractivity contribution is 6.30. The fourth-order valence-electron chi connectivity index (χ4n) is 2.75. The topological polar surface area (TPSA) is 75.4 Å². The highest BCUT2D eigenvalue weighted by Crippen LogP contribution is 2.36. The van der Waals surface area contributed by atoms with Gasteiger partial charge in [0.15, 0.2) is 0 Å². The number of aromatic carboxylic acids is 1. The Bertz CT molecular complexity index is 955. The third-order valence-electron chi connectivity index (χ3n) is 3.93. The quantitative estimate of drug-likeness (QED) is 0.744. The van der Waals surface area contributed by atoms with Crippen molar-refractivity contribution in [3.63, 3.8) is 0 Å². The van der Waals surface area contributed by atoms with E-state index in [0.717, 1.165) is 0 Å². The van der Waals surface area contributed by atoms with E-state index in [0.29, 0.717) is 21.8 Å². The van der Waals surface area contributed by atoms with Crippen molar-refractivity contribution in [1.29, 1.82) is 0 Å². The van der Waals surface area contributed by atoms with Crippen LogP contribution in [0.15, 0.2) is 48.7 Å². The maximum atomic E-state index is 14.1. The predicted molar refractivity (Wildman–Crippen MR) is 91.1 cm³/mol. The van der Waals surface area contributed by atoms with Gasteiger partial charge in [-0.25, -0.2) is 9.18 Å². The molecule has 1 unspecified atom stereocenters. The number of carboxylic acids is 1. The summed E-state index contributed by atoms with van der Waals surface area (Å²) in [5.41, 5.74) is 1.06. The van der Waals surface area contributed by atoms with E-state index in [1.807, 2.05) is 0 Å². The van der Waals surface area contributed by atoms with Crippen molar-refractivity contribution in [2.24, 2.45) is 7.05 Å². The van der Waals surface area contributed by atoms with Crippen LogP contribution in [0.1, 0.15) is 27.6 Å². The molecule has 3 aromatic rings. The second kappa shape index (κ2) is 6.66. The summed E-state index contributed by atoms with van der Waals surface area (Å²) < 4.78 is 15.5. The summed E-state index contributed by atoms with van der Waals surface area (Å²) in [5, 5.41) is 24.4. The fourth-order valence-corrected chi connectivity index (χ4v) is 2.93. The summed E-state index contributed by atoms with van der Waals surface area (Å²) in [6.45, 7) is 0. The molecule has 0 saturated carbocycles. The maximum absolute atomic E-state index is 14.1. The van der Waals surface area contributed by atoms with E-state index in [-0.39, 0.29) is 11.1 Å². The SMILES string of the molecule is Cn1ncc(C(=O)O)c1-c1ccc(Cl)cc1C(O)c1ccccc1F. The van der Waals surface area contributed by atoms with Crippen LogP contribution in [0.25, 0.3) is 11.3 Å². The number of halogens is 2. The molecule has 5 nitrogen and oxygen atoms in total. The van der Waals surface area contributed by atoms with Crippen LogP contribution in [0, 0.1) is 5.82 Å². The molecular formula is C18H14ClFN2O3. The monoisotopic (exact) mass is 360 g/mol. The van der Waals surface area contributed by atoms with E-state index in [9.17, 15) is 19.4 Å². The van der Waals surface area contributed by atoms with Crippen LogP contribution in [0.4, 0.5) is 4.39 Å². The third-order valence-corrected chi connectivity index (χ3v) is 4.17. The van der Waals surface area contributed by atoms with Crippen LogP contribution in [0.2, 0.25) is 5.02 Å². The number of nitrogens with zero attached hydrogens (tertiary/aromatic N) is 2. The molecule has 1 heterocycles. The molecule has 0 radical (unpaired) electrons. The molecule has 128 valence electrons. The first-order valence-electron chi connectivity index (χ1n) is 7.37. The highest BCUT2D eigenvalue weighted by atomic mass is 35.5. The number of hydrogen-bond donors (Lipinski definition) is 2. The first-order chi connectivity index (χ1) is 11.9. The number of aliphatic hydroxyl groups is 1. The predicted octanol–water partition coefficient (Wildman–Crippen LogP) is 3.66. The van der Waals surface area contributed by atoms with Crippen molar-refractivity contribution < 1.29 is 19.4 Å². The van der Waals surface area contributed by atoms with Gasteiger partial charge in [-0.15, -0.1) is 0 Å². The van der Waals surface area contributed by atoms with Crippen LogP contribution in [0.3, 0.4) is 0 Å². The second-order valence-corrected chi connectivity index (χ2v) is 5.93. The van der Waals surface area contributed by atoms with Gasteiger partial charge in [0.2, 0.25) is 0 Å². The van der Waals surface area contributed by atoms with Gasteiger partial charge in [-0.3, -0.25) is 4.68 Å². The summed E-state index contributed by atoms with van der Waals surface area (Å²) in [6, 6.07) is 10.5. The minimum absolute atomic E-state index is 0.0215. The van der Waals surface area contributed by atoms with Gasteiger partial charge in [0.1, 0.15) is 17.5 Å². The fraction of sp³-hybridized carbons (Fsp3) is 0.111. The molecule has 2 aromatic carbocycles. The molecule has 1 aromatic heterocycles. The largest absolute Gasteiger partial charge is 0.478 e. The van der Waals surface area contributed by atoms with Crippen LogP contribution in [0.5, 0.6) is 0 Å². The first kappa shape index (κ1) is 17.1. The smallest absolute Gasteiger partial charge is 0.339 e. The van der Waals surface area contributed by atoms with Crippen molar-refractivity contribution in [2.75, 3.05) is 0 Å². The Kier molecular flexibility index (Phi) is 4.57. The number of benzene rings is 2. The van der Waals surface area contributed by atoms with Gasteiger partial charge in [0.25, 0.3) is 0 Å². The molecule has 0 saturated heterocycles. The summed E-state index contributed by atoms with van der Waals surface area (Å²) in [5.74, 6) is -1.71. The molecule has 7 heteroatoms. The van der Waals surface area contributed by atoms with Crippen LogP contribution < -0.4 is 0 Å². The van der Waals surface area contributed by atoms with Gasteiger partial charge in [-0.1, -0.05) is 35.9 Å². The molecule has 3 rings (SSSR count). The number of aryl methyl sites for hydroxylation is 1.